The lowest BCUT2D eigenvalue weighted by atomic mass is 9.82. The van der Waals surface area contributed by atoms with Gasteiger partial charge in [-0.1, -0.05) is 116 Å². The third kappa shape index (κ3) is 23.6. The molecule has 2 aromatic rings. The van der Waals surface area contributed by atoms with E-state index in [1.165, 1.54) is 38.3 Å². The number of nitrogens with zero attached hydrogens (tertiary/aromatic N) is 4. The molecular formula is C70H105N9O15S. The van der Waals surface area contributed by atoms with E-state index < -0.39 is 77.6 Å². The van der Waals surface area contributed by atoms with Crippen molar-refractivity contribution in [2.24, 2.45) is 41.2 Å². The first-order valence-corrected chi connectivity index (χ1v) is 33.6. The number of ketones is 2. The standard InChI is InChI=1S/C70H105N9O15S/c1-15-45(6)62(55(91-12)41-60(85)78-37-23-27-53(78)63(92-13)46(7)65(95)74-52(67(88)93-14)38-47-24-18-16-19-25-47)76(10)66(87)51(43(2)3)40-56(81)70(8,9)77(11)69(90)94-42-48-29-31-50(32-30-48)73-64(86)49(26-22-35-72-68(71)89)39-54(80)61(44(4)5)75-57(82)28-20-17-21-36-79-58(83)33-34-59(79)84/h16,18-19,24-25,29-34,43-46,49,51-53,55,61-63H,15,17,20-23,26-28,35-42H2,1-14H3,(H,73,86)(H,74,95)(H,75,82)(H3,71,72,89)/t45-,46+,49+,51-,52-,53-,55+,61-,62-,63+/m0/s1. The van der Waals surface area contributed by atoms with Crippen molar-refractivity contribution in [3.8, 4) is 0 Å². The Balaban J connectivity index is 1.37. The molecule has 1 fully saturated rings. The number of rotatable bonds is 40. The highest BCUT2D eigenvalue weighted by atomic mass is 32.1. The van der Waals surface area contributed by atoms with Crippen LogP contribution >= 0.6 is 12.2 Å². The molecule has 95 heavy (non-hydrogen) atoms. The van der Waals surface area contributed by atoms with E-state index in [-0.39, 0.29) is 117 Å². The summed E-state index contributed by atoms with van der Waals surface area (Å²) in [6, 6.07) is 12.7. The summed E-state index contributed by atoms with van der Waals surface area (Å²) in [5.41, 5.74) is 5.69. The molecule has 0 aromatic heterocycles. The minimum absolute atomic E-state index is 0.0466. The van der Waals surface area contributed by atoms with Crippen LogP contribution in [-0.2, 0) is 75.1 Å². The lowest BCUT2D eigenvalue weighted by Gasteiger charge is -2.41. The van der Waals surface area contributed by atoms with Gasteiger partial charge in [0.05, 0.1) is 54.4 Å². The van der Waals surface area contributed by atoms with E-state index in [1.807, 2.05) is 69.9 Å². The molecule has 6 N–H and O–H groups in total. The Bertz CT molecular complexity index is 2960. The van der Waals surface area contributed by atoms with E-state index in [0.29, 0.717) is 67.7 Å². The molecule has 2 aliphatic rings. The predicted molar refractivity (Wildman–Crippen MR) is 364 cm³/mol. The molecule has 2 aromatic carbocycles. The first kappa shape index (κ1) is 79.8. The Kier molecular flexibility index (Phi) is 32.6. The lowest BCUT2D eigenvalue weighted by molar-refractivity contribution is -0.149. The van der Waals surface area contributed by atoms with Crippen LogP contribution in [0.15, 0.2) is 66.7 Å². The summed E-state index contributed by atoms with van der Waals surface area (Å²) in [6.45, 7) is 17.1. The molecular weight excluding hydrogens is 1240 g/mol. The Hall–Kier alpha value is -7.64. The smallest absolute Gasteiger partial charge is 0.410 e. The number of hydrogen-bond acceptors (Lipinski definition) is 16. The second-order valence-corrected chi connectivity index (χ2v) is 26.7. The number of unbranched alkanes of at least 4 members (excludes halogenated alkanes) is 2. The average molecular weight is 1340 g/mol. The number of anilines is 1. The van der Waals surface area contributed by atoms with Crippen LogP contribution in [0.2, 0.25) is 0 Å². The molecule has 9 amide bonds. The monoisotopic (exact) mass is 1340 g/mol. The number of likely N-dealkylation sites (tertiary alicyclic amines) is 1. The summed E-state index contributed by atoms with van der Waals surface area (Å²) in [6.07, 6.45) is 4.49. The molecule has 0 radical (unpaired) electrons. The SMILES string of the molecule is CC[C@H](C)[C@@H]([C@@H](CC(=O)N1CCC[C@H]1[C@H](OC)[C@@H](C)C(=S)N[C@@H](Cc1ccccc1)C(=O)OC)OC)N(C)C(=O)[C@@H](CC(=O)C(C)(C)N(C)C(=O)OCc1ccc(NC(=O)[C@H](CCCNC(N)=O)CC(=O)[C@@H](NC(=O)CCCCCN2C(=O)C=CC2=O)C(C)C)cc1)C(C)C. The van der Waals surface area contributed by atoms with Gasteiger partial charge in [0, 0.05) is 109 Å². The molecule has 25 heteroatoms. The summed E-state index contributed by atoms with van der Waals surface area (Å²) < 4.78 is 23.1. The van der Waals surface area contributed by atoms with Crippen LogP contribution in [0.3, 0.4) is 0 Å². The molecule has 0 unspecified atom stereocenters. The van der Waals surface area contributed by atoms with Crippen molar-refractivity contribution in [2.75, 3.05) is 60.4 Å². The van der Waals surface area contributed by atoms with Crippen molar-refractivity contribution < 1.29 is 71.7 Å². The summed E-state index contributed by atoms with van der Waals surface area (Å²) in [7, 11) is 7.57. The Morgan fingerprint density at radius 3 is 2.02 bits per heavy atom. The van der Waals surface area contributed by atoms with E-state index in [1.54, 1.807) is 71.0 Å². The third-order valence-corrected chi connectivity index (χ3v) is 19.1. The molecule has 0 spiro atoms. The van der Waals surface area contributed by atoms with Crippen molar-refractivity contribution in [2.45, 2.75) is 194 Å². The fourth-order valence-corrected chi connectivity index (χ4v) is 12.5. The van der Waals surface area contributed by atoms with Crippen LogP contribution in [0.25, 0.3) is 0 Å². The van der Waals surface area contributed by atoms with Crippen molar-refractivity contribution in [3.63, 3.8) is 0 Å². The number of amides is 9. The number of nitrogens with two attached hydrogens (primary N) is 1. The van der Waals surface area contributed by atoms with Gasteiger partial charge in [0.25, 0.3) is 11.8 Å². The minimum Gasteiger partial charge on any atom is -0.467 e. The fraction of sp³-hybridized carbons (Fsp3) is 0.629. The predicted octanol–water partition coefficient (Wildman–Crippen LogP) is 7.48. The van der Waals surface area contributed by atoms with Gasteiger partial charge in [-0.15, -0.1) is 0 Å². The second kappa shape index (κ2) is 38.8. The van der Waals surface area contributed by atoms with Crippen molar-refractivity contribution in [3.05, 3.63) is 77.9 Å². The van der Waals surface area contributed by atoms with Gasteiger partial charge in [-0.05, 0) is 93.4 Å². The van der Waals surface area contributed by atoms with Gasteiger partial charge in [-0.2, -0.15) is 0 Å². The number of carbonyl (C=O) groups excluding carboxylic acids is 11. The highest BCUT2D eigenvalue weighted by Gasteiger charge is 2.45. The zero-order valence-electron chi connectivity index (χ0n) is 58.2. The molecule has 0 aliphatic carbocycles. The molecule has 4 rings (SSSR count). The van der Waals surface area contributed by atoms with Gasteiger partial charge < -0.3 is 55.7 Å². The number of hydrogen-bond donors (Lipinski definition) is 5. The van der Waals surface area contributed by atoms with Gasteiger partial charge in [0.2, 0.25) is 23.6 Å². The van der Waals surface area contributed by atoms with E-state index in [2.05, 4.69) is 21.3 Å². The number of methoxy groups -OCH3 is 3. The zero-order chi connectivity index (χ0) is 70.9. The van der Waals surface area contributed by atoms with Gasteiger partial charge in [-0.3, -0.25) is 48.2 Å². The Morgan fingerprint density at radius 1 is 0.789 bits per heavy atom. The Morgan fingerprint density at radius 2 is 1.44 bits per heavy atom. The summed E-state index contributed by atoms with van der Waals surface area (Å²) in [4.78, 5) is 153. The minimum atomic E-state index is -1.43. The number of benzene rings is 2. The number of likely N-dealkylation sites (N-methyl/N-ethyl adjacent to an activating group) is 2. The molecule has 1 saturated heterocycles. The molecule has 526 valence electrons. The van der Waals surface area contributed by atoms with Crippen molar-refractivity contribution in [1.82, 2.24) is 35.6 Å². The van der Waals surface area contributed by atoms with Crippen LogP contribution < -0.4 is 27.0 Å². The first-order valence-electron chi connectivity index (χ1n) is 33.2. The largest absolute Gasteiger partial charge is 0.467 e. The quantitative estimate of drug-likeness (QED) is 0.0187. The zero-order valence-corrected chi connectivity index (χ0v) is 59.0. The van der Waals surface area contributed by atoms with E-state index in [9.17, 15) is 52.7 Å². The maximum atomic E-state index is 14.9. The summed E-state index contributed by atoms with van der Waals surface area (Å²) in [5.74, 6) is -6.07. The number of imide groups is 1. The van der Waals surface area contributed by atoms with Crippen molar-refractivity contribution >= 4 is 88.0 Å². The normalized spacial score (nSPS) is 16.8. The number of nitrogens with one attached hydrogen (secondary N) is 4. The maximum Gasteiger partial charge on any atom is 0.410 e. The lowest BCUT2D eigenvalue weighted by Crippen LogP contribution is -2.55. The van der Waals surface area contributed by atoms with Crippen LogP contribution in [-0.4, -0.2) is 187 Å². The highest BCUT2D eigenvalue weighted by molar-refractivity contribution is 7.80. The Labute approximate surface area is 566 Å². The number of primary amides is 1. The number of urea groups is 1. The number of thiocarbonyl (C=S) groups is 1. The molecule has 2 aliphatic heterocycles. The van der Waals surface area contributed by atoms with E-state index in [0.717, 1.165) is 16.9 Å². The summed E-state index contributed by atoms with van der Waals surface area (Å²) in [5, 5.41) is 11.4. The van der Waals surface area contributed by atoms with Gasteiger partial charge in [0.1, 0.15) is 12.6 Å². The molecule has 0 saturated carbocycles. The van der Waals surface area contributed by atoms with Gasteiger partial charge in [-0.25, -0.2) is 14.4 Å². The number of ether oxygens (including phenoxy) is 4. The van der Waals surface area contributed by atoms with Crippen LogP contribution in [0.5, 0.6) is 0 Å². The number of esters is 1. The topological polar surface area (TPSA) is 312 Å². The molecule has 2 heterocycles. The summed E-state index contributed by atoms with van der Waals surface area (Å²) >= 11 is 5.90. The fourth-order valence-electron chi connectivity index (χ4n) is 12.2. The second-order valence-electron chi connectivity index (χ2n) is 26.3. The van der Waals surface area contributed by atoms with Gasteiger partial charge >= 0.3 is 18.1 Å². The first-order chi connectivity index (χ1) is 44.9. The van der Waals surface area contributed by atoms with Crippen LogP contribution in [0.4, 0.5) is 15.3 Å². The molecule has 24 nitrogen and oxygen atoms in total. The third-order valence-electron chi connectivity index (χ3n) is 18.6. The number of carbonyl (C=O) groups is 11. The van der Waals surface area contributed by atoms with Crippen LogP contribution in [0.1, 0.15) is 150 Å². The van der Waals surface area contributed by atoms with Crippen molar-refractivity contribution in [1.29, 1.82) is 0 Å². The highest BCUT2D eigenvalue weighted by Crippen LogP contribution is 2.32. The molecule has 10 atom stereocenters. The van der Waals surface area contributed by atoms with E-state index in [4.69, 9.17) is 36.9 Å². The molecule has 0 bridgehead atoms. The van der Waals surface area contributed by atoms with Crippen LogP contribution in [0, 0.1) is 35.5 Å². The maximum absolute atomic E-state index is 14.9. The van der Waals surface area contributed by atoms with E-state index >= 15 is 0 Å². The number of Topliss-reactive ketones (excluding diaryl/α,β-unsaturated/α-hetero) is 2. The van der Waals surface area contributed by atoms with Gasteiger partial charge in [0.15, 0.2) is 11.6 Å². The average Bonchev–Trinajstić information content (AvgIpc) is 1.71.